The van der Waals surface area contributed by atoms with E-state index in [2.05, 4.69) is 10.3 Å². The molecule has 1 N–H and O–H groups in total. The first kappa shape index (κ1) is 17.5. The molecular weight excluding hydrogens is 365 g/mol. The third-order valence-electron chi connectivity index (χ3n) is 2.78. The average molecular weight is 379 g/mol. The van der Waals surface area contributed by atoms with Crippen molar-refractivity contribution in [3.05, 3.63) is 43.3 Å². The Kier molecular flexibility index (Phi) is 6.06. The summed E-state index contributed by atoms with van der Waals surface area (Å²) >= 11 is 19.5. The van der Waals surface area contributed by atoms with Gasteiger partial charge in [-0.1, -0.05) is 34.8 Å². The number of carbonyl (C=O) groups excluding carboxylic acids is 1. The highest BCUT2D eigenvalue weighted by Crippen LogP contribution is 2.33. The molecule has 0 unspecified atom stereocenters. The smallest absolute Gasteiger partial charge is 0.238 e. The summed E-state index contributed by atoms with van der Waals surface area (Å²) in [4.78, 5) is 19.3. The molecule has 0 saturated carbocycles. The number of aryl methyl sites for hydroxylation is 1. The molecule has 1 aromatic heterocycles. The van der Waals surface area contributed by atoms with E-state index in [1.54, 1.807) is 11.3 Å². The number of rotatable bonds is 5. The Labute approximate surface area is 148 Å². The summed E-state index contributed by atoms with van der Waals surface area (Å²) in [6.07, 6.45) is 1.82. The zero-order valence-corrected chi connectivity index (χ0v) is 15.1. The molecule has 0 atom stereocenters. The lowest BCUT2D eigenvalue weighted by atomic mass is 10.3. The van der Waals surface area contributed by atoms with Crippen LogP contribution in [0.3, 0.4) is 0 Å². The Morgan fingerprint density at radius 1 is 1.32 bits per heavy atom. The number of aromatic nitrogens is 1. The minimum atomic E-state index is -0.199. The fourth-order valence-corrected chi connectivity index (χ4v) is 3.67. The van der Waals surface area contributed by atoms with E-state index in [1.807, 2.05) is 25.1 Å². The Balaban J connectivity index is 1.95. The van der Waals surface area contributed by atoms with Gasteiger partial charge in [-0.3, -0.25) is 9.69 Å². The fourth-order valence-electron chi connectivity index (χ4n) is 1.89. The largest absolute Gasteiger partial charge is 0.322 e. The quantitative estimate of drug-likeness (QED) is 0.834. The summed E-state index contributed by atoms with van der Waals surface area (Å²) in [6.45, 7) is 2.82. The van der Waals surface area contributed by atoms with E-state index in [0.29, 0.717) is 27.3 Å². The molecule has 8 heteroatoms. The van der Waals surface area contributed by atoms with Crippen LogP contribution in [0.1, 0.15) is 9.88 Å². The topological polar surface area (TPSA) is 45.2 Å². The Morgan fingerprint density at radius 3 is 2.50 bits per heavy atom. The molecule has 1 amide bonds. The summed E-state index contributed by atoms with van der Waals surface area (Å²) < 4.78 is 0. The molecule has 4 nitrogen and oxygen atoms in total. The summed E-state index contributed by atoms with van der Waals surface area (Å²) in [5.41, 5.74) is 0.375. The highest BCUT2D eigenvalue weighted by molar-refractivity contribution is 7.11. The first-order valence-electron chi connectivity index (χ1n) is 6.39. The number of thiazole rings is 1. The van der Waals surface area contributed by atoms with E-state index in [0.717, 1.165) is 9.88 Å². The van der Waals surface area contributed by atoms with Crippen LogP contribution in [0.25, 0.3) is 0 Å². The van der Waals surface area contributed by atoms with Crippen molar-refractivity contribution in [2.45, 2.75) is 13.5 Å². The molecular formula is C14H14Cl3N3OS. The summed E-state index contributed by atoms with van der Waals surface area (Å²) in [6, 6.07) is 3.07. The van der Waals surface area contributed by atoms with Gasteiger partial charge in [0, 0.05) is 22.6 Å². The summed E-state index contributed by atoms with van der Waals surface area (Å²) in [5, 5.41) is 4.76. The molecule has 0 aliphatic rings. The molecule has 2 rings (SSSR count). The first-order chi connectivity index (χ1) is 10.3. The predicted molar refractivity (Wildman–Crippen MR) is 93.3 cm³/mol. The van der Waals surface area contributed by atoms with Gasteiger partial charge in [0.2, 0.25) is 5.91 Å². The summed E-state index contributed by atoms with van der Waals surface area (Å²) in [5.74, 6) is -0.199. The molecule has 0 radical (unpaired) electrons. The van der Waals surface area contributed by atoms with E-state index >= 15 is 0 Å². The zero-order chi connectivity index (χ0) is 16.3. The Morgan fingerprint density at radius 2 is 1.95 bits per heavy atom. The van der Waals surface area contributed by atoms with Crippen molar-refractivity contribution in [2.75, 3.05) is 18.9 Å². The van der Waals surface area contributed by atoms with Gasteiger partial charge in [-0.15, -0.1) is 11.3 Å². The first-order valence-corrected chi connectivity index (χ1v) is 8.34. The Hall–Kier alpha value is -0.850. The second-order valence-corrected chi connectivity index (χ2v) is 7.38. The average Bonchev–Trinajstić information content (AvgIpc) is 2.79. The van der Waals surface area contributed by atoms with E-state index in [-0.39, 0.29) is 12.5 Å². The minimum Gasteiger partial charge on any atom is -0.322 e. The SMILES string of the molecule is Cc1ncc(CN(C)CC(=O)Nc2c(Cl)cc(Cl)cc2Cl)s1. The molecule has 0 aliphatic heterocycles. The maximum Gasteiger partial charge on any atom is 0.238 e. The van der Waals surface area contributed by atoms with Gasteiger partial charge in [-0.2, -0.15) is 0 Å². The van der Waals surface area contributed by atoms with Gasteiger partial charge in [0.25, 0.3) is 0 Å². The number of likely N-dealkylation sites (N-methyl/N-ethyl adjacent to an activating group) is 1. The third kappa shape index (κ3) is 4.83. The van der Waals surface area contributed by atoms with Crippen molar-refractivity contribution in [1.29, 1.82) is 0 Å². The molecule has 1 aromatic carbocycles. The van der Waals surface area contributed by atoms with Crippen LogP contribution in [-0.2, 0) is 11.3 Å². The lowest BCUT2D eigenvalue weighted by Gasteiger charge is -2.16. The Bertz CT molecular complexity index is 667. The highest BCUT2D eigenvalue weighted by atomic mass is 35.5. The molecule has 118 valence electrons. The van der Waals surface area contributed by atoms with Gasteiger partial charge in [-0.25, -0.2) is 4.98 Å². The molecule has 0 fully saturated rings. The maximum absolute atomic E-state index is 12.1. The zero-order valence-electron chi connectivity index (χ0n) is 12.0. The number of nitrogens with one attached hydrogen (secondary N) is 1. The maximum atomic E-state index is 12.1. The lowest BCUT2D eigenvalue weighted by Crippen LogP contribution is -2.29. The van der Waals surface area contributed by atoms with Gasteiger partial charge in [0.1, 0.15) is 0 Å². The third-order valence-corrected chi connectivity index (χ3v) is 4.49. The van der Waals surface area contributed by atoms with Gasteiger partial charge in [-0.05, 0) is 26.1 Å². The van der Waals surface area contributed by atoms with E-state index in [4.69, 9.17) is 34.8 Å². The van der Waals surface area contributed by atoms with Crippen molar-refractivity contribution in [2.24, 2.45) is 0 Å². The summed E-state index contributed by atoms with van der Waals surface area (Å²) in [7, 11) is 1.86. The molecule has 0 saturated heterocycles. The second kappa shape index (κ2) is 7.62. The highest BCUT2D eigenvalue weighted by Gasteiger charge is 2.13. The lowest BCUT2D eigenvalue weighted by molar-refractivity contribution is -0.117. The van der Waals surface area contributed by atoms with Gasteiger partial charge >= 0.3 is 0 Å². The number of carbonyl (C=O) groups is 1. The van der Waals surface area contributed by atoms with Crippen LogP contribution in [0.15, 0.2) is 18.3 Å². The molecule has 1 heterocycles. The number of hydrogen-bond acceptors (Lipinski definition) is 4. The molecule has 0 bridgehead atoms. The number of anilines is 1. The van der Waals surface area contributed by atoms with Crippen molar-refractivity contribution < 1.29 is 4.79 Å². The normalized spacial score (nSPS) is 11.0. The fraction of sp³-hybridized carbons (Fsp3) is 0.286. The second-order valence-electron chi connectivity index (χ2n) is 4.81. The number of benzene rings is 1. The molecule has 0 aliphatic carbocycles. The van der Waals surface area contributed by atoms with Crippen LogP contribution in [-0.4, -0.2) is 29.4 Å². The monoisotopic (exact) mass is 377 g/mol. The van der Waals surface area contributed by atoms with Crippen molar-refractivity contribution in [3.63, 3.8) is 0 Å². The van der Waals surface area contributed by atoms with Crippen LogP contribution in [0.2, 0.25) is 15.1 Å². The van der Waals surface area contributed by atoms with Crippen molar-refractivity contribution >= 4 is 57.7 Å². The van der Waals surface area contributed by atoms with Crippen molar-refractivity contribution in [3.8, 4) is 0 Å². The number of amides is 1. The number of hydrogen-bond donors (Lipinski definition) is 1. The van der Waals surface area contributed by atoms with Crippen LogP contribution < -0.4 is 5.32 Å². The minimum absolute atomic E-state index is 0.199. The standard InChI is InChI=1S/C14H14Cl3N3OS/c1-8-18-5-10(22-8)6-20(2)7-13(21)19-14-11(16)3-9(15)4-12(14)17/h3-5H,6-7H2,1-2H3,(H,19,21). The van der Waals surface area contributed by atoms with Crippen molar-refractivity contribution in [1.82, 2.24) is 9.88 Å². The van der Waals surface area contributed by atoms with E-state index in [1.165, 1.54) is 12.1 Å². The predicted octanol–water partition coefficient (Wildman–Crippen LogP) is 4.48. The number of halogens is 3. The van der Waals surface area contributed by atoms with Crippen LogP contribution >= 0.6 is 46.1 Å². The van der Waals surface area contributed by atoms with E-state index < -0.39 is 0 Å². The van der Waals surface area contributed by atoms with Gasteiger partial charge < -0.3 is 5.32 Å². The molecule has 22 heavy (non-hydrogen) atoms. The molecule has 0 spiro atoms. The van der Waals surface area contributed by atoms with E-state index in [9.17, 15) is 4.79 Å². The van der Waals surface area contributed by atoms with Crippen LogP contribution in [0, 0.1) is 6.92 Å². The van der Waals surface area contributed by atoms with Crippen LogP contribution in [0.5, 0.6) is 0 Å². The van der Waals surface area contributed by atoms with Gasteiger partial charge in [0.15, 0.2) is 0 Å². The van der Waals surface area contributed by atoms with Gasteiger partial charge in [0.05, 0.1) is 27.3 Å². The molecule has 2 aromatic rings. The van der Waals surface area contributed by atoms with Crippen LogP contribution in [0.4, 0.5) is 5.69 Å². The number of nitrogens with zero attached hydrogens (tertiary/aromatic N) is 2.